The molecule has 2 N–H and O–H groups in total. The molecule has 3 heteroatoms. The van der Waals surface area contributed by atoms with Crippen molar-refractivity contribution in [3.05, 3.63) is 29.3 Å². The minimum absolute atomic E-state index is 0.468. The van der Waals surface area contributed by atoms with E-state index >= 15 is 0 Å². The normalized spacial score (nSPS) is 25.0. The number of hydrogen-bond donors (Lipinski definition) is 1. The van der Waals surface area contributed by atoms with Gasteiger partial charge in [0, 0.05) is 25.6 Å². The summed E-state index contributed by atoms with van der Waals surface area (Å²) in [5.41, 5.74) is 8.64. The molecule has 0 radical (unpaired) electrons. The van der Waals surface area contributed by atoms with E-state index < -0.39 is 0 Å². The van der Waals surface area contributed by atoms with Crippen LogP contribution >= 0.6 is 0 Å². The molecule has 1 aliphatic carbocycles. The number of hydrogen-bond acceptors (Lipinski definition) is 3. The lowest BCUT2D eigenvalue weighted by atomic mass is 9.80. The first-order valence-electron chi connectivity index (χ1n) is 7.39. The van der Waals surface area contributed by atoms with Crippen LogP contribution in [0.4, 0.5) is 0 Å². The van der Waals surface area contributed by atoms with Crippen LogP contribution in [0.5, 0.6) is 5.75 Å². The highest BCUT2D eigenvalue weighted by Crippen LogP contribution is 2.27. The third-order valence-corrected chi connectivity index (χ3v) is 4.38. The van der Waals surface area contributed by atoms with Crippen LogP contribution in [0, 0.1) is 5.92 Å². The number of nitrogens with two attached hydrogens (primary N) is 1. The van der Waals surface area contributed by atoms with Crippen LogP contribution in [0.1, 0.15) is 24.0 Å². The van der Waals surface area contributed by atoms with Gasteiger partial charge in [-0.15, -0.1) is 0 Å². The first-order chi connectivity index (χ1) is 9.20. The molecule has 1 fully saturated rings. The van der Waals surface area contributed by atoms with Crippen LogP contribution in [0.25, 0.3) is 0 Å². The third kappa shape index (κ3) is 3.10. The second kappa shape index (κ2) is 5.51. The molecule has 19 heavy (non-hydrogen) atoms. The van der Waals surface area contributed by atoms with Crippen molar-refractivity contribution in [3.8, 4) is 5.75 Å². The summed E-state index contributed by atoms with van der Waals surface area (Å²) < 4.78 is 5.54. The van der Waals surface area contributed by atoms with Crippen LogP contribution in [-0.4, -0.2) is 37.7 Å². The van der Waals surface area contributed by atoms with Gasteiger partial charge in [0.15, 0.2) is 0 Å². The lowest BCUT2D eigenvalue weighted by Gasteiger charge is -2.35. The van der Waals surface area contributed by atoms with E-state index in [1.54, 1.807) is 0 Å². The molecular weight excluding hydrogens is 236 g/mol. The van der Waals surface area contributed by atoms with Gasteiger partial charge in [-0.1, -0.05) is 12.1 Å². The van der Waals surface area contributed by atoms with Crippen molar-refractivity contribution in [2.45, 2.75) is 31.7 Å². The minimum Gasteiger partial charge on any atom is -0.493 e. The molecule has 104 valence electrons. The Labute approximate surface area is 115 Å². The maximum atomic E-state index is 5.83. The molecule has 1 heterocycles. The number of benzene rings is 1. The number of likely N-dealkylation sites (N-methyl/N-ethyl adjacent to an activating group) is 1. The van der Waals surface area contributed by atoms with Gasteiger partial charge in [0.2, 0.25) is 0 Å². The predicted molar refractivity (Wildman–Crippen MR) is 77.5 cm³/mol. The Morgan fingerprint density at radius 3 is 3.00 bits per heavy atom. The maximum Gasteiger partial charge on any atom is 0.122 e. The molecule has 1 aromatic rings. The molecule has 0 unspecified atom stereocenters. The summed E-state index contributed by atoms with van der Waals surface area (Å²) in [5.74, 6) is 1.91. The zero-order valence-corrected chi connectivity index (χ0v) is 11.8. The Hall–Kier alpha value is -1.06. The molecule has 0 amide bonds. The summed E-state index contributed by atoms with van der Waals surface area (Å²) in [6.45, 7) is 3.17. The zero-order chi connectivity index (χ0) is 13.2. The van der Waals surface area contributed by atoms with Gasteiger partial charge >= 0.3 is 0 Å². The van der Waals surface area contributed by atoms with E-state index in [0.717, 1.165) is 37.7 Å². The Balaban J connectivity index is 1.46. The van der Waals surface area contributed by atoms with Crippen LogP contribution in [0.3, 0.4) is 0 Å². The van der Waals surface area contributed by atoms with Crippen molar-refractivity contribution in [2.75, 3.05) is 26.7 Å². The monoisotopic (exact) mass is 260 g/mol. The summed E-state index contributed by atoms with van der Waals surface area (Å²) in [7, 11) is 2.22. The van der Waals surface area contributed by atoms with Crippen LogP contribution in [0.15, 0.2) is 18.2 Å². The molecule has 1 aromatic carbocycles. The largest absolute Gasteiger partial charge is 0.493 e. The molecule has 3 nitrogen and oxygen atoms in total. The topological polar surface area (TPSA) is 38.5 Å². The van der Waals surface area contributed by atoms with Crippen molar-refractivity contribution >= 4 is 0 Å². The standard InChI is InChI=1S/C16H24N2O/c1-18(11-13-9-15(17)10-13)6-4-12-2-3-16-14(8-12)5-7-19-16/h2-3,8,13,15H,4-7,9-11,17H2,1H3. The van der Waals surface area contributed by atoms with Gasteiger partial charge in [0.25, 0.3) is 0 Å². The smallest absolute Gasteiger partial charge is 0.122 e. The lowest BCUT2D eigenvalue weighted by molar-refractivity contribution is 0.183. The summed E-state index contributed by atoms with van der Waals surface area (Å²) in [6.07, 6.45) is 4.61. The van der Waals surface area contributed by atoms with E-state index in [9.17, 15) is 0 Å². The molecule has 0 aromatic heterocycles. The third-order valence-electron chi connectivity index (χ3n) is 4.38. The molecule has 0 spiro atoms. The fraction of sp³-hybridized carbons (Fsp3) is 0.625. The van der Waals surface area contributed by atoms with E-state index in [-0.39, 0.29) is 0 Å². The van der Waals surface area contributed by atoms with Crippen molar-refractivity contribution < 1.29 is 4.74 Å². The highest BCUT2D eigenvalue weighted by Gasteiger charge is 2.26. The lowest BCUT2D eigenvalue weighted by Crippen LogP contribution is -2.42. The summed E-state index contributed by atoms with van der Waals surface area (Å²) >= 11 is 0. The Morgan fingerprint density at radius 1 is 1.37 bits per heavy atom. The first-order valence-corrected chi connectivity index (χ1v) is 7.39. The number of rotatable bonds is 5. The predicted octanol–water partition coefficient (Wildman–Crippen LogP) is 1.83. The molecular formula is C16H24N2O. The van der Waals surface area contributed by atoms with E-state index in [1.807, 2.05) is 0 Å². The van der Waals surface area contributed by atoms with Gasteiger partial charge in [-0.2, -0.15) is 0 Å². The van der Waals surface area contributed by atoms with Crippen molar-refractivity contribution in [1.29, 1.82) is 0 Å². The average molecular weight is 260 g/mol. The fourth-order valence-corrected chi connectivity index (χ4v) is 3.18. The molecule has 1 aliphatic heterocycles. The van der Waals surface area contributed by atoms with E-state index in [0.29, 0.717) is 6.04 Å². The van der Waals surface area contributed by atoms with Gasteiger partial charge in [-0.25, -0.2) is 0 Å². The molecule has 3 rings (SSSR count). The highest BCUT2D eigenvalue weighted by molar-refractivity contribution is 5.39. The quantitative estimate of drug-likeness (QED) is 0.878. The van der Waals surface area contributed by atoms with Crippen molar-refractivity contribution in [2.24, 2.45) is 11.7 Å². The molecule has 2 aliphatic rings. The Bertz CT molecular complexity index is 440. The van der Waals surface area contributed by atoms with Crippen molar-refractivity contribution in [3.63, 3.8) is 0 Å². The maximum absolute atomic E-state index is 5.83. The van der Waals surface area contributed by atoms with Gasteiger partial charge in [0.1, 0.15) is 5.75 Å². The molecule has 0 bridgehead atoms. The van der Waals surface area contributed by atoms with Gasteiger partial charge in [-0.05, 0) is 49.4 Å². The second-order valence-electron chi connectivity index (χ2n) is 6.15. The van der Waals surface area contributed by atoms with E-state index in [2.05, 4.69) is 30.1 Å². The zero-order valence-electron chi connectivity index (χ0n) is 11.8. The summed E-state index contributed by atoms with van der Waals surface area (Å²) in [5, 5.41) is 0. The summed E-state index contributed by atoms with van der Waals surface area (Å²) in [4.78, 5) is 2.44. The van der Waals surface area contributed by atoms with Gasteiger partial charge in [-0.3, -0.25) is 0 Å². The highest BCUT2D eigenvalue weighted by atomic mass is 16.5. The van der Waals surface area contributed by atoms with Gasteiger partial charge < -0.3 is 15.4 Å². The second-order valence-corrected chi connectivity index (χ2v) is 6.15. The Morgan fingerprint density at radius 2 is 2.21 bits per heavy atom. The van der Waals surface area contributed by atoms with Crippen LogP contribution in [-0.2, 0) is 12.8 Å². The van der Waals surface area contributed by atoms with Crippen LogP contribution in [0.2, 0.25) is 0 Å². The molecule has 0 atom stereocenters. The molecule has 1 saturated carbocycles. The van der Waals surface area contributed by atoms with Crippen molar-refractivity contribution in [1.82, 2.24) is 4.90 Å². The number of nitrogens with zero attached hydrogens (tertiary/aromatic N) is 1. The molecule has 0 saturated heterocycles. The minimum atomic E-state index is 0.468. The van der Waals surface area contributed by atoms with Gasteiger partial charge in [0.05, 0.1) is 6.61 Å². The fourth-order valence-electron chi connectivity index (χ4n) is 3.18. The Kier molecular flexibility index (Phi) is 3.76. The summed E-state index contributed by atoms with van der Waals surface area (Å²) in [6, 6.07) is 7.12. The van der Waals surface area contributed by atoms with E-state index in [4.69, 9.17) is 10.5 Å². The first kappa shape index (κ1) is 12.9. The number of ether oxygens (including phenoxy) is 1. The number of fused-ring (bicyclic) bond motifs is 1. The van der Waals surface area contributed by atoms with E-state index in [1.165, 1.54) is 30.5 Å². The van der Waals surface area contributed by atoms with Crippen LogP contribution < -0.4 is 10.5 Å². The SMILES string of the molecule is CN(CCc1ccc2c(c1)CCO2)CC1CC(N)C1. The average Bonchev–Trinajstić information content (AvgIpc) is 2.81.